The lowest BCUT2D eigenvalue weighted by Gasteiger charge is -2.20. The molecule has 0 bridgehead atoms. The number of nitrogens with one attached hydrogen (secondary N) is 1. The van der Waals surface area contributed by atoms with Gasteiger partial charge in [0.1, 0.15) is 12.3 Å². The summed E-state index contributed by atoms with van der Waals surface area (Å²) >= 11 is 0. The van der Waals surface area contributed by atoms with Crippen LogP contribution in [0.15, 0.2) is 24.4 Å². The maximum atomic E-state index is 13.4. The maximum absolute atomic E-state index is 13.4. The Morgan fingerprint density at radius 2 is 2.17 bits per heavy atom. The minimum absolute atomic E-state index is 0.0983. The highest BCUT2D eigenvalue weighted by molar-refractivity contribution is 5.53. The van der Waals surface area contributed by atoms with Crippen molar-refractivity contribution in [2.75, 3.05) is 17.7 Å². The summed E-state index contributed by atoms with van der Waals surface area (Å²) in [6.45, 7) is 0.407. The Labute approximate surface area is 134 Å². The van der Waals surface area contributed by atoms with Crippen LogP contribution in [0.25, 0.3) is 0 Å². The van der Waals surface area contributed by atoms with E-state index in [9.17, 15) is 18.9 Å². The van der Waals surface area contributed by atoms with E-state index in [2.05, 4.69) is 15.3 Å². The van der Waals surface area contributed by atoms with Gasteiger partial charge in [-0.05, 0) is 24.1 Å². The summed E-state index contributed by atoms with van der Waals surface area (Å²) in [7, 11) is 0. The highest BCUT2D eigenvalue weighted by Gasteiger charge is 2.31. The molecular formula is C14H13F2N5O3. The normalized spacial score (nSPS) is 20.1. The Morgan fingerprint density at radius 3 is 2.83 bits per heavy atom. The summed E-state index contributed by atoms with van der Waals surface area (Å²) in [6.07, 6.45) is 1.05. The van der Waals surface area contributed by atoms with Gasteiger partial charge in [0, 0.05) is 6.61 Å². The molecule has 1 aliphatic rings. The van der Waals surface area contributed by atoms with Crippen LogP contribution in [0.1, 0.15) is 18.1 Å². The number of benzene rings is 1. The molecule has 0 spiro atoms. The van der Waals surface area contributed by atoms with Crippen molar-refractivity contribution in [2.24, 2.45) is 0 Å². The van der Waals surface area contributed by atoms with Crippen LogP contribution in [0.4, 0.5) is 26.2 Å². The second kappa shape index (κ2) is 6.32. The number of halogens is 2. The van der Waals surface area contributed by atoms with Crippen LogP contribution in [-0.2, 0) is 4.74 Å². The number of anilines is 2. The first-order chi connectivity index (χ1) is 11.5. The van der Waals surface area contributed by atoms with Crippen molar-refractivity contribution in [3.05, 3.63) is 51.7 Å². The molecule has 0 aliphatic carbocycles. The Kier molecular flexibility index (Phi) is 4.21. The summed E-state index contributed by atoms with van der Waals surface area (Å²) in [5.74, 6) is -2.06. The fraction of sp³-hybridized carbons (Fsp3) is 0.286. The number of nitrogens with two attached hydrogens (primary N) is 1. The molecule has 2 heterocycles. The monoisotopic (exact) mass is 337 g/mol. The van der Waals surface area contributed by atoms with Crippen LogP contribution in [0, 0.1) is 21.7 Å². The summed E-state index contributed by atoms with van der Waals surface area (Å²) in [5.41, 5.74) is 5.61. The summed E-state index contributed by atoms with van der Waals surface area (Å²) in [4.78, 5) is 17.7. The molecule has 2 atom stereocenters. The second-order valence-corrected chi connectivity index (χ2v) is 5.23. The average Bonchev–Trinajstić information content (AvgIpc) is 2.98. The topological polar surface area (TPSA) is 116 Å². The zero-order valence-corrected chi connectivity index (χ0v) is 12.3. The molecule has 1 aromatic heterocycles. The maximum Gasteiger partial charge on any atom is 0.329 e. The zero-order chi connectivity index (χ0) is 17.3. The van der Waals surface area contributed by atoms with Crippen LogP contribution in [0.2, 0.25) is 0 Å². The van der Waals surface area contributed by atoms with Gasteiger partial charge < -0.3 is 15.8 Å². The lowest BCUT2D eigenvalue weighted by molar-refractivity contribution is -0.384. The lowest BCUT2D eigenvalue weighted by Crippen LogP contribution is -2.24. The number of nitro groups is 1. The fourth-order valence-corrected chi connectivity index (χ4v) is 2.52. The van der Waals surface area contributed by atoms with E-state index in [4.69, 9.17) is 10.5 Å². The third kappa shape index (κ3) is 3.08. The predicted octanol–water partition coefficient (Wildman–Crippen LogP) is 2.19. The Hall–Kier alpha value is -2.88. The van der Waals surface area contributed by atoms with Gasteiger partial charge in [-0.2, -0.15) is 4.98 Å². The number of aromatic nitrogens is 2. The van der Waals surface area contributed by atoms with Crippen molar-refractivity contribution in [1.29, 1.82) is 0 Å². The van der Waals surface area contributed by atoms with E-state index in [1.54, 1.807) is 0 Å². The Morgan fingerprint density at radius 1 is 1.38 bits per heavy atom. The van der Waals surface area contributed by atoms with Crippen LogP contribution in [0.3, 0.4) is 0 Å². The summed E-state index contributed by atoms with van der Waals surface area (Å²) < 4.78 is 32.0. The van der Waals surface area contributed by atoms with Gasteiger partial charge in [0.25, 0.3) is 0 Å². The van der Waals surface area contributed by atoms with Crippen molar-refractivity contribution in [3.63, 3.8) is 0 Å². The molecule has 3 rings (SSSR count). The molecule has 126 valence electrons. The number of rotatable bonds is 4. The van der Waals surface area contributed by atoms with E-state index in [-0.39, 0.29) is 23.5 Å². The van der Waals surface area contributed by atoms with Crippen LogP contribution >= 0.6 is 0 Å². The highest BCUT2D eigenvalue weighted by Crippen LogP contribution is 2.32. The van der Waals surface area contributed by atoms with E-state index >= 15 is 0 Å². The molecule has 1 saturated heterocycles. The van der Waals surface area contributed by atoms with Gasteiger partial charge in [-0.15, -0.1) is 0 Å². The summed E-state index contributed by atoms with van der Waals surface area (Å²) in [5, 5.41) is 13.7. The number of hydrogen-bond donors (Lipinski definition) is 2. The van der Waals surface area contributed by atoms with E-state index in [0.717, 1.165) is 18.3 Å². The molecule has 0 saturated carbocycles. The molecule has 3 N–H and O–H groups in total. The van der Waals surface area contributed by atoms with Crippen molar-refractivity contribution in [2.45, 2.75) is 18.6 Å². The standard InChI is InChI=1S/C14H13F2N5O3/c15-8-2-1-7(5-9(8)16)12-10(3-4-24-12)19-14-18-6-11(21(22)23)13(17)20-14/h1-2,5-6,10,12H,3-4H2,(H3,17,18,19,20). The largest absolute Gasteiger partial charge is 0.378 e. The Bertz CT molecular complexity index is 789. The van der Waals surface area contributed by atoms with E-state index < -0.39 is 22.7 Å². The third-order valence-electron chi connectivity index (χ3n) is 3.67. The number of hydrogen-bond acceptors (Lipinski definition) is 7. The molecule has 24 heavy (non-hydrogen) atoms. The quantitative estimate of drug-likeness (QED) is 0.649. The van der Waals surface area contributed by atoms with Crippen molar-refractivity contribution in [1.82, 2.24) is 9.97 Å². The van der Waals surface area contributed by atoms with Gasteiger partial charge in [-0.3, -0.25) is 10.1 Å². The predicted molar refractivity (Wildman–Crippen MR) is 80.2 cm³/mol. The highest BCUT2D eigenvalue weighted by atomic mass is 19.2. The average molecular weight is 337 g/mol. The molecule has 0 amide bonds. The Balaban J connectivity index is 1.80. The van der Waals surface area contributed by atoms with Crippen LogP contribution < -0.4 is 11.1 Å². The molecule has 1 aliphatic heterocycles. The minimum atomic E-state index is -0.961. The first-order valence-electron chi connectivity index (χ1n) is 7.05. The first kappa shape index (κ1) is 16.0. The van der Waals surface area contributed by atoms with Crippen molar-refractivity contribution >= 4 is 17.5 Å². The third-order valence-corrected chi connectivity index (χ3v) is 3.67. The van der Waals surface area contributed by atoms with E-state index in [0.29, 0.717) is 18.6 Å². The number of nitrogens with zero attached hydrogens (tertiary/aromatic N) is 3. The molecule has 0 radical (unpaired) electrons. The van der Waals surface area contributed by atoms with Gasteiger partial charge in [-0.25, -0.2) is 13.8 Å². The van der Waals surface area contributed by atoms with Crippen molar-refractivity contribution < 1.29 is 18.4 Å². The van der Waals surface area contributed by atoms with Gasteiger partial charge in [0.05, 0.1) is 11.0 Å². The molecule has 2 aromatic rings. The van der Waals surface area contributed by atoms with Gasteiger partial charge in [0.15, 0.2) is 11.6 Å². The molecule has 10 heteroatoms. The number of ether oxygens (including phenoxy) is 1. The van der Waals surface area contributed by atoms with Crippen LogP contribution in [0.5, 0.6) is 0 Å². The summed E-state index contributed by atoms with van der Waals surface area (Å²) in [6, 6.07) is 3.24. The fourth-order valence-electron chi connectivity index (χ4n) is 2.52. The molecule has 1 fully saturated rings. The van der Waals surface area contributed by atoms with Crippen LogP contribution in [-0.4, -0.2) is 27.5 Å². The van der Waals surface area contributed by atoms with E-state index in [1.165, 1.54) is 6.07 Å². The molecule has 1 aromatic carbocycles. The van der Waals surface area contributed by atoms with Gasteiger partial charge in [0.2, 0.25) is 11.8 Å². The number of nitrogen functional groups attached to an aromatic ring is 1. The molecule has 2 unspecified atom stereocenters. The molecule has 8 nitrogen and oxygen atoms in total. The molecular weight excluding hydrogens is 324 g/mol. The minimum Gasteiger partial charge on any atom is -0.378 e. The second-order valence-electron chi connectivity index (χ2n) is 5.23. The van der Waals surface area contributed by atoms with Gasteiger partial charge in [-0.1, -0.05) is 6.07 Å². The smallest absolute Gasteiger partial charge is 0.329 e. The SMILES string of the molecule is Nc1nc(NC2CCOC2c2ccc(F)c(F)c2)ncc1[N+](=O)[O-]. The zero-order valence-electron chi connectivity index (χ0n) is 12.3. The van der Waals surface area contributed by atoms with Gasteiger partial charge >= 0.3 is 5.69 Å². The van der Waals surface area contributed by atoms with E-state index in [1.807, 2.05) is 0 Å². The lowest BCUT2D eigenvalue weighted by atomic mass is 10.0. The van der Waals surface area contributed by atoms with Crippen molar-refractivity contribution in [3.8, 4) is 0 Å². The first-order valence-corrected chi connectivity index (χ1v) is 7.05.